The minimum Gasteiger partial charge on any atom is -0.390 e. The molecule has 2 heterocycles. The number of rotatable bonds is 4. The van der Waals surface area contributed by atoms with E-state index < -0.39 is 6.67 Å². The number of aryl methyl sites for hydroxylation is 1. The Hall–Kier alpha value is -1.75. The molecule has 0 atom stereocenters. The van der Waals surface area contributed by atoms with Crippen molar-refractivity contribution >= 4 is 0 Å². The number of aliphatic hydroxyl groups excluding tert-OH is 1. The Labute approximate surface area is 92.4 Å². The molecule has 1 N–H and O–H groups in total. The lowest BCUT2D eigenvalue weighted by Gasteiger charge is -2.00. The average molecular weight is 221 g/mol. The topological polar surface area (TPSA) is 50.9 Å². The highest BCUT2D eigenvalue weighted by Gasteiger charge is 2.08. The highest BCUT2D eigenvalue weighted by Crippen LogP contribution is 2.17. The summed E-state index contributed by atoms with van der Waals surface area (Å²) in [7, 11) is 0. The van der Waals surface area contributed by atoms with Crippen LogP contribution in [0.5, 0.6) is 0 Å². The number of pyridine rings is 1. The van der Waals surface area contributed by atoms with E-state index in [4.69, 9.17) is 5.11 Å². The van der Waals surface area contributed by atoms with Crippen molar-refractivity contribution in [3.05, 3.63) is 36.3 Å². The Balaban J connectivity index is 2.36. The Morgan fingerprint density at radius 1 is 1.44 bits per heavy atom. The third-order valence-corrected chi connectivity index (χ3v) is 2.28. The maximum absolute atomic E-state index is 12.3. The second kappa shape index (κ2) is 4.85. The van der Waals surface area contributed by atoms with Gasteiger partial charge in [0.15, 0.2) is 0 Å². The van der Waals surface area contributed by atoms with E-state index in [1.807, 2.05) is 12.1 Å². The Bertz CT molecular complexity index is 456. The SMILES string of the molecule is OCc1cc(-c2cccnc2)nn1CCF. The fourth-order valence-electron chi connectivity index (χ4n) is 1.51. The highest BCUT2D eigenvalue weighted by molar-refractivity contribution is 5.57. The molecule has 2 aromatic rings. The summed E-state index contributed by atoms with van der Waals surface area (Å²) >= 11 is 0. The van der Waals surface area contributed by atoms with Crippen LogP contribution in [0.2, 0.25) is 0 Å². The van der Waals surface area contributed by atoms with Gasteiger partial charge in [0.2, 0.25) is 0 Å². The molecule has 0 aromatic carbocycles. The van der Waals surface area contributed by atoms with Gasteiger partial charge >= 0.3 is 0 Å². The summed E-state index contributed by atoms with van der Waals surface area (Å²) in [6, 6.07) is 5.42. The second-order valence-corrected chi connectivity index (χ2v) is 3.33. The highest BCUT2D eigenvalue weighted by atomic mass is 19.1. The van der Waals surface area contributed by atoms with Crippen LogP contribution in [0.25, 0.3) is 11.3 Å². The Kier molecular flexibility index (Phi) is 3.26. The Morgan fingerprint density at radius 2 is 2.31 bits per heavy atom. The zero-order chi connectivity index (χ0) is 11.4. The molecule has 0 spiro atoms. The van der Waals surface area contributed by atoms with Crippen molar-refractivity contribution in [3.8, 4) is 11.3 Å². The number of aromatic nitrogens is 3. The van der Waals surface area contributed by atoms with Gasteiger partial charge in [-0.25, -0.2) is 4.39 Å². The van der Waals surface area contributed by atoms with Gasteiger partial charge in [0, 0.05) is 18.0 Å². The quantitative estimate of drug-likeness (QED) is 0.849. The molecule has 84 valence electrons. The molecule has 4 nitrogen and oxygen atoms in total. The van der Waals surface area contributed by atoms with Crippen LogP contribution in [0, 0.1) is 0 Å². The number of hydrogen-bond acceptors (Lipinski definition) is 3. The summed E-state index contributed by atoms with van der Waals surface area (Å²) in [6.45, 7) is -0.482. The maximum Gasteiger partial charge on any atom is 0.109 e. The zero-order valence-corrected chi connectivity index (χ0v) is 8.67. The van der Waals surface area contributed by atoms with Crippen molar-refractivity contribution in [1.82, 2.24) is 14.8 Å². The molecule has 0 aliphatic rings. The predicted octanol–water partition coefficient (Wildman–Crippen LogP) is 1.41. The van der Waals surface area contributed by atoms with Crippen molar-refractivity contribution in [3.63, 3.8) is 0 Å². The summed E-state index contributed by atoms with van der Waals surface area (Å²) in [5.41, 5.74) is 2.16. The van der Waals surface area contributed by atoms with E-state index in [2.05, 4.69) is 10.1 Å². The van der Waals surface area contributed by atoms with E-state index >= 15 is 0 Å². The summed E-state index contributed by atoms with van der Waals surface area (Å²) in [6.07, 6.45) is 3.36. The van der Waals surface area contributed by atoms with Crippen LogP contribution in [0.15, 0.2) is 30.6 Å². The fraction of sp³-hybridized carbons (Fsp3) is 0.273. The fourth-order valence-corrected chi connectivity index (χ4v) is 1.51. The Morgan fingerprint density at radius 3 is 2.94 bits per heavy atom. The number of alkyl halides is 1. The van der Waals surface area contributed by atoms with Gasteiger partial charge in [0.25, 0.3) is 0 Å². The van der Waals surface area contributed by atoms with Gasteiger partial charge in [-0.3, -0.25) is 9.67 Å². The van der Waals surface area contributed by atoms with Gasteiger partial charge in [-0.1, -0.05) is 0 Å². The summed E-state index contributed by atoms with van der Waals surface area (Å²) in [4.78, 5) is 3.99. The largest absolute Gasteiger partial charge is 0.390 e. The van der Waals surface area contributed by atoms with Crippen LogP contribution in [0.4, 0.5) is 4.39 Å². The number of aliphatic hydroxyl groups is 1. The molecular weight excluding hydrogens is 209 g/mol. The molecule has 0 aliphatic carbocycles. The van der Waals surface area contributed by atoms with E-state index in [-0.39, 0.29) is 13.2 Å². The number of halogens is 1. The standard InChI is InChI=1S/C11H12FN3O/c12-3-5-15-10(8-16)6-11(14-15)9-2-1-4-13-7-9/h1-2,4,6-7,16H,3,5,8H2. The van der Waals surface area contributed by atoms with Crippen LogP contribution in [-0.4, -0.2) is 26.5 Å². The molecule has 0 saturated carbocycles. The third-order valence-electron chi connectivity index (χ3n) is 2.28. The molecule has 0 amide bonds. The number of hydrogen-bond donors (Lipinski definition) is 1. The molecule has 0 saturated heterocycles. The van der Waals surface area contributed by atoms with Crippen LogP contribution in [-0.2, 0) is 13.2 Å². The lowest BCUT2D eigenvalue weighted by atomic mass is 10.2. The minimum absolute atomic E-state index is 0.146. The predicted molar refractivity (Wildman–Crippen MR) is 57.4 cm³/mol. The molecule has 2 aromatic heterocycles. The van der Waals surface area contributed by atoms with Gasteiger partial charge < -0.3 is 5.11 Å². The van der Waals surface area contributed by atoms with Gasteiger partial charge in [0.05, 0.1) is 24.5 Å². The van der Waals surface area contributed by atoms with Crippen molar-refractivity contribution in [2.75, 3.05) is 6.67 Å². The monoisotopic (exact) mass is 221 g/mol. The molecule has 0 fully saturated rings. The summed E-state index contributed by atoms with van der Waals surface area (Å²) in [5.74, 6) is 0. The van der Waals surface area contributed by atoms with Gasteiger partial charge in [0.1, 0.15) is 6.67 Å². The number of nitrogens with zero attached hydrogens (tertiary/aromatic N) is 3. The van der Waals surface area contributed by atoms with Crippen LogP contribution in [0.1, 0.15) is 5.69 Å². The zero-order valence-electron chi connectivity index (χ0n) is 8.67. The first-order chi connectivity index (χ1) is 7.85. The van der Waals surface area contributed by atoms with E-state index in [0.29, 0.717) is 11.4 Å². The van der Waals surface area contributed by atoms with Crippen molar-refractivity contribution in [2.24, 2.45) is 0 Å². The lowest BCUT2D eigenvalue weighted by Crippen LogP contribution is -2.06. The first-order valence-corrected chi connectivity index (χ1v) is 4.99. The molecule has 0 aliphatic heterocycles. The normalized spacial score (nSPS) is 10.6. The lowest BCUT2D eigenvalue weighted by molar-refractivity contribution is 0.265. The van der Waals surface area contributed by atoms with E-state index in [1.54, 1.807) is 18.5 Å². The van der Waals surface area contributed by atoms with Gasteiger partial charge in [-0.15, -0.1) is 0 Å². The van der Waals surface area contributed by atoms with Crippen molar-refractivity contribution in [2.45, 2.75) is 13.2 Å². The maximum atomic E-state index is 12.3. The van der Waals surface area contributed by atoms with Gasteiger partial charge in [-0.05, 0) is 18.2 Å². The first-order valence-electron chi connectivity index (χ1n) is 4.99. The van der Waals surface area contributed by atoms with Crippen LogP contribution < -0.4 is 0 Å². The second-order valence-electron chi connectivity index (χ2n) is 3.33. The van der Waals surface area contributed by atoms with Gasteiger partial charge in [-0.2, -0.15) is 5.10 Å². The molecule has 0 radical (unpaired) electrons. The summed E-state index contributed by atoms with van der Waals surface area (Å²) in [5, 5.41) is 13.3. The van der Waals surface area contributed by atoms with E-state index in [0.717, 1.165) is 5.56 Å². The summed E-state index contributed by atoms with van der Waals surface area (Å²) < 4.78 is 13.7. The first kappa shape index (κ1) is 10.8. The van der Waals surface area contributed by atoms with E-state index in [1.165, 1.54) is 4.68 Å². The van der Waals surface area contributed by atoms with Crippen LogP contribution >= 0.6 is 0 Å². The smallest absolute Gasteiger partial charge is 0.109 e. The van der Waals surface area contributed by atoms with Crippen molar-refractivity contribution < 1.29 is 9.50 Å². The molecule has 0 bridgehead atoms. The molecule has 16 heavy (non-hydrogen) atoms. The minimum atomic E-state index is -0.499. The van der Waals surface area contributed by atoms with E-state index in [9.17, 15) is 4.39 Å². The molecular formula is C11H12FN3O. The molecule has 0 unspecified atom stereocenters. The van der Waals surface area contributed by atoms with Crippen molar-refractivity contribution in [1.29, 1.82) is 0 Å². The molecule has 2 rings (SSSR count). The molecule has 5 heteroatoms. The average Bonchev–Trinajstić information content (AvgIpc) is 2.74. The van der Waals surface area contributed by atoms with Crippen LogP contribution in [0.3, 0.4) is 0 Å². The third kappa shape index (κ3) is 2.09.